The summed E-state index contributed by atoms with van der Waals surface area (Å²) in [5.41, 5.74) is 2.57. The van der Waals surface area contributed by atoms with E-state index < -0.39 is 5.54 Å². The van der Waals surface area contributed by atoms with E-state index in [1.165, 1.54) is 5.56 Å². The van der Waals surface area contributed by atoms with Crippen molar-refractivity contribution >= 4 is 11.8 Å². The number of benzene rings is 1. The van der Waals surface area contributed by atoms with Crippen molar-refractivity contribution in [1.82, 2.24) is 10.2 Å². The molecule has 0 radical (unpaired) electrons. The quantitative estimate of drug-likeness (QED) is 0.890. The van der Waals surface area contributed by atoms with Crippen LogP contribution in [0.25, 0.3) is 0 Å². The Morgan fingerprint density at radius 1 is 1.35 bits per heavy atom. The van der Waals surface area contributed by atoms with E-state index in [4.69, 9.17) is 0 Å². The number of aryl methyl sites for hydroxylation is 2. The van der Waals surface area contributed by atoms with Crippen LogP contribution in [0, 0.1) is 13.8 Å². The third kappa shape index (κ3) is 2.69. The van der Waals surface area contributed by atoms with Gasteiger partial charge in [-0.05, 0) is 38.8 Å². The number of piperazine rings is 1. The van der Waals surface area contributed by atoms with Crippen molar-refractivity contribution in [3.05, 3.63) is 34.9 Å². The largest absolute Gasteiger partial charge is 0.352 e. The molecule has 1 N–H and O–H groups in total. The second-order valence-corrected chi connectivity index (χ2v) is 5.97. The molecule has 1 fully saturated rings. The fraction of sp³-hybridized carbons (Fsp3) is 0.500. The van der Waals surface area contributed by atoms with Crippen LogP contribution in [0.3, 0.4) is 0 Å². The number of carbonyl (C=O) groups excluding carboxylic acids is 2. The average Bonchev–Trinajstić information content (AvgIpc) is 2.36. The lowest BCUT2D eigenvalue weighted by atomic mass is 9.96. The highest BCUT2D eigenvalue weighted by Gasteiger charge is 2.40. The highest BCUT2D eigenvalue weighted by molar-refractivity contribution is 5.92. The van der Waals surface area contributed by atoms with Crippen molar-refractivity contribution in [3.8, 4) is 0 Å². The summed E-state index contributed by atoms with van der Waals surface area (Å²) in [6.45, 7) is 8.74. The van der Waals surface area contributed by atoms with Gasteiger partial charge in [-0.2, -0.15) is 0 Å². The first-order chi connectivity index (χ1) is 9.32. The third-order valence-corrected chi connectivity index (χ3v) is 3.99. The Kier molecular flexibility index (Phi) is 3.84. The minimum absolute atomic E-state index is 0.0109. The summed E-state index contributed by atoms with van der Waals surface area (Å²) in [5, 5.41) is 2.81. The fourth-order valence-corrected chi connectivity index (χ4v) is 2.64. The predicted octanol–water partition coefficient (Wildman–Crippen LogP) is 1.58. The van der Waals surface area contributed by atoms with Crippen LogP contribution in [0.1, 0.15) is 30.5 Å². The molecule has 0 unspecified atom stereocenters. The van der Waals surface area contributed by atoms with E-state index >= 15 is 0 Å². The molecule has 0 spiro atoms. The lowest BCUT2D eigenvalue weighted by molar-refractivity contribution is -0.148. The highest BCUT2D eigenvalue weighted by atomic mass is 16.2. The van der Waals surface area contributed by atoms with E-state index in [1.54, 1.807) is 18.7 Å². The summed E-state index contributed by atoms with van der Waals surface area (Å²) in [6.07, 6.45) is 0.350. The van der Waals surface area contributed by atoms with E-state index in [0.717, 1.165) is 11.1 Å². The zero-order valence-corrected chi connectivity index (χ0v) is 12.6. The van der Waals surface area contributed by atoms with Gasteiger partial charge in [0.05, 0.1) is 6.42 Å². The third-order valence-electron chi connectivity index (χ3n) is 3.99. The fourth-order valence-electron chi connectivity index (χ4n) is 2.64. The van der Waals surface area contributed by atoms with Crippen LogP contribution in [-0.2, 0) is 16.0 Å². The molecule has 1 aromatic rings. The van der Waals surface area contributed by atoms with Crippen LogP contribution in [0.15, 0.2) is 18.2 Å². The summed E-state index contributed by atoms with van der Waals surface area (Å²) in [5.74, 6) is -0.0745. The number of nitrogens with one attached hydrogen (secondary N) is 1. The molecule has 0 saturated carbocycles. The molecule has 108 valence electrons. The van der Waals surface area contributed by atoms with Crippen LogP contribution in [0.4, 0.5) is 0 Å². The molecule has 4 heteroatoms. The number of nitrogens with zero attached hydrogens (tertiary/aromatic N) is 1. The molecule has 4 nitrogen and oxygen atoms in total. The molecule has 2 amide bonds. The first kappa shape index (κ1) is 14.6. The zero-order valence-electron chi connectivity index (χ0n) is 12.6. The molecule has 0 aromatic heterocycles. The van der Waals surface area contributed by atoms with Gasteiger partial charge in [0.2, 0.25) is 11.8 Å². The van der Waals surface area contributed by atoms with Gasteiger partial charge in [0, 0.05) is 13.1 Å². The predicted molar refractivity (Wildman–Crippen MR) is 78.4 cm³/mol. The minimum atomic E-state index is -0.770. The first-order valence-electron chi connectivity index (χ1n) is 6.97. The lowest BCUT2D eigenvalue weighted by Crippen LogP contribution is -2.63. The van der Waals surface area contributed by atoms with Crippen molar-refractivity contribution in [2.75, 3.05) is 13.1 Å². The molecular formula is C16H22N2O2. The van der Waals surface area contributed by atoms with Crippen LogP contribution < -0.4 is 5.32 Å². The van der Waals surface area contributed by atoms with E-state index in [9.17, 15) is 9.59 Å². The molecule has 1 saturated heterocycles. The Labute approximate surface area is 120 Å². The Morgan fingerprint density at radius 3 is 2.70 bits per heavy atom. The normalized spacial score (nSPS) is 17.8. The monoisotopic (exact) mass is 274 g/mol. The first-order valence-corrected chi connectivity index (χ1v) is 6.97. The van der Waals surface area contributed by atoms with Crippen molar-refractivity contribution in [1.29, 1.82) is 0 Å². The second kappa shape index (κ2) is 5.27. The topological polar surface area (TPSA) is 49.4 Å². The van der Waals surface area contributed by atoms with E-state index in [2.05, 4.69) is 11.4 Å². The Morgan fingerprint density at radius 2 is 2.05 bits per heavy atom. The average molecular weight is 274 g/mol. The summed E-state index contributed by atoms with van der Waals surface area (Å²) >= 11 is 0. The Balaban J connectivity index is 2.17. The molecule has 0 aliphatic carbocycles. The Hall–Kier alpha value is -1.84. The standard InChI is InChI=1S/C16H22N2O2/c1-11-5-6-13(12(2)9-11)10-14(19)18-8-7-17-15(20)16(18,3)4/h5-6,9H,7-8,10H2,1-4H3,(H,17,20). The minimum Gasteiger partial charge on any atom is -0.352 e. The number of carbonyl (C=O) groups is 2. The molecule has 1 aromatic carbocycles. The van der Waals surface area contributed by atoms with Crippen LogP contribution in [-0.4, -0.2) is 35.3 Å². The van der Waals surface area contributed by atoms with Crippen LogP contribution in [0.5, 0.6) is 0 Å². The van der Waals surface area contributed by atoms with Gasteiger partial charge in [-0.15, -0.1) is 0 Å². The summed E-state index contributed by atoms with van der Waals surface area (Å²) < 4.78 is 0. The van der Waals surface area contributed by atoms with Gasteiger partial charge in [0.1, 0.15) is 5.54 Å². The van der Waals surface area contributed by atoms with Gasteiger partial charge in [-0.25, -0.2) is 0 Å². The van der Waals surface area contributed by atoms with Gasteiger partial charge in [-0.3, -0.25) is 9.59 Å². The maximum atomic E-state index is 12.5. The maximum Gasteiger partial charge on any atom is 0.245 e. The van der Waals surface area contributed by atoms with Crippen molar-refractivity contribution < 1.29 is 9.59 Å². The van der Waals surface area contributed by atoms with E-state index in [-0.39, 0.29) is 11.8 Å². The number of rotatable bonds is 2. The molecule has 20 heavy (non-hydrogen) atoms. The summed E-state index contributed by atoms with van der Waals surface area (Å²) in [6, 6.07) is 6.10. The van der Waals surface area contributed by atoms with E-state index in [1.807, 2.05) is 26.0 Å². The van der Waals surface area contributed by atoms with Gasteiger partial charge in [-0.1, -0.05) is 23.8 Å². The van der Waals surface area contributed by atoms with Crippen LogP contribution in [0.2, 0.25) is 0 Å². The van der Waals surface area contributed by atoms with Gasteiger partial charge in [0.25, 0.3) is 0 Å². The second-order valence-electron chi connectivity index (χ2n) is 5.97. The smallest absolute Gasteiger partial charge is 0.245 e. The molecule has 1 heterocycles. The lowest BCUT2D eigenvalue weighted by Gasteiger charge is -2.41. The van der Waals surface area contributed by atoms with Crippen LogP contribution >= 0.6 is 0 Å². The summed E-state index contributed by atoms with van der Waals surface area (Å²) in [7, 11) is 0. The van der Waals surface area contributed by atoms with Gasteiger partial charge < -0.3 is 10.2 Å². The number of hydrogen-bond donors (Lipinski definition) is 1. The maximum absolute atomic E-state index is 12.5. The van der Waals surface area contributed by atoms with Crippen molar-refractivity contribution in [2.24, 2.45) is 0 Å². The molecular weight excluding hydrogens is 252 g/mol. The molecule has 0 atom stereocenters. The van der Waals surface area contributed by atoms with Gasteiger partial charge in [0.15, 0.2) is 0 Å². The zero-order chi connectivity index (χ0) is 14.9. The number of amides is 2. The molecule has 0 bridgehead atoms. The highest BCUT2D eigenvalue weighted by Crippen LogP contribution is 2.20. The number of hydrogen-bond acceptors (Lipinski definition) is 2. The van der Waals surface area contributed by atoms with Crippen molar-refractivity contribution in [2.45, 2.75) is 39.7 Å². The molecule has 1 aliphatic heterocycles. The summed E-state index contributed by atoms with van der Waals surface area (Å²) in [4.78, 5) is 26.1. The molecule has 1 aliphatic rings. The SMILES string of the molecule is Cc1ccc(CC(=O)N2CCNC(=O)C2(C)C)c(C)c1. The molecule has 2 rings (SSSR count). The van der Waals surface area contributed by atoms with E-state index in [0.29, 0.717) is 19.5 Å². The van der Waals surface area contributed by atoms with Gasteiger partial charge >= 0.3 is 0 Å². The Bertz CT molecular complexity index is 549. The van der Waals surface area contributed by atoms with Crippen molar-refractivity contribution in [3.63, 3.8) is 0 Å².